The van der Waals surface area contributed by atoms with Gasteiger partial charge in [-0.25, -0.2) is 4.98 Å². The Balaban J connectivity index is 1.40. The maximum absolute atomic E-state index is 12.4. The summed E-state index contributed by atoms with van der Waals surface area (Å²) in [4.78, 5) is 16.7. The summed E-state index contributed by atoms with van der Waals surface area (Å²) in [5.41, 5.74) is 3.05. The maximum Gasteiger partial charge on any atom is 0.270 e. The van der Waals surface area contributed by atoms with Gasteiger partial charge in [0.15, 0.2) is 11.5 Å². The van der Waals surface area contributed by atoms with E-state index in [0.29, 0.717) is 11.4 Å². The van der Waals surface area contributed by atoms with Crippen molar-refractivity contribution in [1.29, 1.82) is 0 Å². The molecule has 1 atom stereocenters. The molecule has 2 heterocycles. The van der Waals surface area contributed by atoms with E-state index in [1.807, 2.05) is 61.5 Å². The summed E-state index contributed by atoms with van der Waals surface area (Å²) in [6.45, 7) is 2.19. The number of carbonyl (C=O) groups is 1. The number of amides is 1. The number of ether oxygens (including phenoxy) is 2. The van der Waals surface area contributed by atoms with E-state index in [2.05, 4.69) is 15.6 Å². The van der Waals surface area contributed by atoms with E-state index in [9.17, 15) is 4.79 Å². The number of benzene rings is 2. The van der Waals surface area contributed by atoms with Crippen LogP contribution in [-0.4, -0.2) is 17.7 Å². The van der Waals surface area contributed by atoms with Crippen molar-refractivity contribution < 1.29 is 14.3 Å². The summed E-state index contributed by atoms with van der Waals surface area (Å²) in [6, 6.07) is 18.9. The number of nitrogens with zero attached hydrogens (tertiary/aromatic N) is 1. The minimum Gasteiger partial charge on any atom is -0.454 e. The van der Waals surface area contributed by atoms with Gasteiger partial charge in [0.1, 0.15) is 5.69 Å². The number of rotatable bonds is 5. The summed E-state index contributed by atoms with van der Waals surface area (Å²) in [5.74, 6) is 1.23. The quantitative estimate of drug-likeness (QED) is 0.717. The molecule has 136 valence electrons. The lowest BCUT2D eigenvalue weighted by Crippen LogP contribution is -2.27. The first kappa shape index (κ1) is 16.9. The molecule has 0 spiro atoms. The van der Waals surface area contributed by atoms with Crippen LogP contribution in [0.3, 0.4) is 0 Å². The molecule has 1 amide bonds. The molecule has 3 aromatic rings. The lowest BCUT2D eigenvalue weighted by atomic mass is 10.1. The van der Waals surface area contributed by atoms with Gasteiger partial charge in [-0.15, -0.1) is 0 Å². The van der Waals surface area contributed by atoms with Crippen molar-refractivity contribution in [3.05, 3.63) is 78.1 Å². The first-order valence-electron chi connectivity index (χ1n) is 8.67. The average Bonchev–Trinajstić information content (AvgIpc) is 3.17. The molecule has 1 aliphatic rings. The monoisotopic (exact) mass is 361 g/mol. The smallest absolute Gasteiger partial charge is 0.270 e. The molecule has 2 aromatic carbocycles. The van der Waals surface area contributed by atoms with Crippen LogP contribution in [0.5, 0.6) is 11.5 Å². The Bertz CT molecular complexity index is 943. The van der Waals surface area contributed by atoms with Gasteiger partial charge in [-0.05, 0) is 36.8 Å². The molecule has 1 aliphatic heterocycles. The van der Waals surface area contributed by atoms with Gasteiger partial charge in [0.25, 0.3) is 5.91 Å². The number of carbonyl (C=O) groups excluding carboxylic acids is 1. The molecule has 0 radical (unpaired) electrons. The first-order valence-corrected chi connectivity index (χ1v) is 8.67. The number of hydrogen-bond acceptors (Lipinski definition) is 5. The number of hydrogen-bond donors (Lipinski definition) is 2. The highest BCUT2D eigenvalue weighted by Gasteiger charge is 2.14. The number of nitrogens with one attached hydrogen (secondary N) is 2. The van der Waals surface area contributed by atoms with Crippen molar-refractivity contribution in [2.24, 2.45) is 0 Å². The first-order chi connectivity index (χ1) is 13.2. The van der Waals surface area contributed by atoms with Crippen LogP contribution in [0.4, 0.5) is 11.4 Å². The zero-order valence-electron chi connectivity index (χ0n) is 14.8. The third-order valence-corrected chi connectivity index (χ3v) is 4.30. The van der Waals surface area contributed by atoms with Crippen LogP contribution in [0.2, 0.25) is 0 Å². The fourth-order valence-corrected chi connectivity index (χ4v) is 2.84. The molecule has 6 heteroatoms. The van der Waals surface area contributed by atoms with E-state index in [1.54, 1.807) is 12.3 Å². The van der Waals surface area contributed by atoms with Gasteiger partial charge in [-0.2, -0.15) is 0 Å². The number of fused-ring (bicyclic) bond motifs is 1. The minimum atomic E-state index is -0.207. The van der Waals surface area contributed by atoms with E-state index >= 15 is 0 Å². The Morgan fingerprint density at radius 3 is 2.56 bits per heavy atom. The van der Waals surface area contributed by atoms with E-state index in [-0.39, 0.29) is 18.7 Å². The Hall–Kier alpha value is -3.54. The lowest BCUT2D eigenvalue weighted by molar-refractivity contribution is 0.0935. The third kappa shape index (κ3) is 3.84. The summed E-state index contributed by atoms with van der Waals surface area (Å²) < 4.78 is 10.7. The molecule has 1 aromatic heterocycles. The van der Waals surface area contributed by atoms with Crippen molar-refractivity contribution in [1.82, 2.24) is 10.3 Å². The van der Waals surface area contributed by atoms with Crippen LogP contribution in [0.15, 0.2) is 66.9 Å². The molecule has 1 unspecified atom stereocenters. The summed E-state index contributed by atoms with van der Waals surface area (Å²) >= 11 is 0. The maximum atomic E-state index is 12.4. The SMILES string of the molecule is CC(NC(=O)c1ccc(Nc2ccc3c(c2)OCO3)cn1)c1ccccc1. The molecule has 0 bridgehead atoms. The van der Waals surface area contributed by atoms with Gasteiger partial charge in [0, 0.05) is 11.8 Å². The van der Waals surface area contributed by atoms with E-state index < -0.39 is 0 Å². The van der Waals surface area contributed by atoms with Gasteiger partial charge in [-0.3, -0.25) is 4.79 Å². The van der Waals surface area contributed by atoms with Crippen molar-refractivity contribution in [2.45, 2.75) is 13.0 Å². The molecule has 2 N–H and O–H groups in total. The van der Waals surface area contributed by atoms with Gasteiger partial charge in [-0.1, -0.05) is 30.3 Å². The fourth-order valence-electron chi connectivity index (χ4n) is 2.84. The number of aromatic nitrogens is 1. The lowest BCUT2D eigenvalue weighted by Gasteiger charge is -2.14. The minimum absolute atomic E-state index is 0.0908. The highest BCUT2D eigenvalue weighted by molar-refractivity contribution is 5.92. The second-order valence-corrected chi connectivity index (χ2v) is 6.23. The number of anilines is 2. The summed E-state index contributed by atoms with van der Waals surface area (Å²) in [6.07, 6.45) is 1.63. The largest absolute Gasteiger partial charge is 0.454 e. The van der Waals surface area contributed by atoms with Crippen LogP contribution in [-0.2, 0) is 0 Å². The highest BCUT2D eigenvalue weighted by atomic mass is 16.7. The Morgan fingerprint density at radius 1 is 1.00 bits per heavy atom. The highest BCUT2D eigenvalue weighted by Crippen LogP contribution is 2.35. The molecule has 0 fully saturated rings. The second-order valence-electron chi connectivity index (χ2n) is 6.23. The average molecular weight is 361 g/mol. The molecular formula is C21H19N3O3. The van der Waals surface area contributed by atoms with Gasteiger partial charge < -0.3 is 20.1 Å². The van der Waals surface area contributed by atoms with Crippen LogP contribution < -0.4 is 20.1 Å². The summed E-state index contributed by atoms with van der Waals surface area (Å²) in [7, 11) is 0. The predicted octanol–water partition coefficient (Wildman–Crippen LogP) is 4.04. The van der Waals surface area contributed by atoms with Crippen molar-refractivity contribution in [3.63, 3.8) is 0 Å². The zero-order chi connectivity index (χ0) is 18.6. The zero-order valence-corrected chi connectivity index (χ0v) is 14.8. The Labute approximate surface area is 157 Å². The Morgan fingerprint density at radius 2 is 1.78 bits per heavy atom. The third-order valence-electron chi connectivity index (χ3n) is 4.30. The second kappa shape index (κ2) is 7.37. The van der Waals surface area contributed by atoms with Crippen LogP contribution in [0, 0.1) is 0 Å². The summed E-state index contributed by atoms with van der Waals surface area (Å²) in [5, 5.41) is 6.19. The molecular weight excluding hydrogens is 342 g/mol. The molecule has 4 rings (SSSR count). The van der Waals surface area contributed by atoms with E-state index in [0.717, 1.165) is 22.7 Å². The van der Waals surface area contributed by atoms with Gasteiger partial charge >= 0.3 is 0 Å². The normalized spacial score (nSPS) is 13.1. The van der Waals surface area contributed by atoms with E-state index in [1.165, 1.54) is 0 Å². The molecule has 27 heavy (non-hydrogen) atoms. The van der Waals surface area contributed by atoms with Gasteiger partial charge in [0.2, 0.25) is 6.79 Å². The molecule has 0 saturated carbocycles. The standard InChI is InChI=1S/C21H19N3O3/c1-14(15-5-3-2-4-6-15)23-21(25)18-9-7-17(12-22-18)24-16-8-10-19-20(11-16)27-13-26-19/h2-12,14,24H,13H2,1H3,(H,23,25). The fraction of sp³-hybridized carbons (Fsp3) is 0.143. The topological polar surface area (TPSA) is 72.5 Å². The van der Waals surface area contributed by atoms with Crippen molar-refractivity contribution in [2.75, 3.05) is 12.1 Å². The van der Waals surface area contributed by atoms with Crippen molar-refractivity contribution in [3.8, 4) is 11.5 Å². The van der Waals surface area contributed by atoms with Gasteiger partial charge in [0.05, 0.1) is 17.9 Å². The van der Waals surface area contributed by atoms with Crippen LogP contribution in [0.25, 0.3) is 0 Å². The predicted molar refractivity (Wildman–Crippen MR) is 102 cm³/mol. The molecule has 0 aliphatic carbocycles. The number of pyridine rings is 1. The molecule has 0 saturated heterocycles. The molecule has 6 nitrogen and oxygen atoms in total. The Kier molecular flexibility index (Phi) is 4.61. The van der Waals surface area contributed by atoms with Crippen molar-refractivity contribution >= 4 is 17.3 Å². The van der Waals surface area contributed by atoms with Crippen LogP contribution >= 0.6 is 0 Å². The van der Waals surface area contributed by atoms with Crippen LogP contribution in [0.1, 0.15) is 29.0 Å². The van der Waals surface area contributed by atoms with E-state index in [4.69, 9.17) is 9.47 Å².